The van der Waals surface area contributed by atoms with Gasteiger partial charge < -0.3 is 9.30 Å². The molecule has 2 aromatic heterocycles. The van der Waals surface area contributed by atoms with Crippen molar-refractivity contribution in [3.05, 3.63) is 54.4 Å². The lowest BCUT2D eigenvalue weighted by atomic mass is 10.2. The van der Waals surface area contributed by atoms with Crippen LogP contribution in [0.4, 0.5) is 0 Å². The standard InChI is InChI=1S/C17H19N3OS/c1-13(14-7-9-18-10-8-14)22-17-19-15-5-3-4-6-16(15)20(17)11-12-21-2/h3-10,13H,11-12H2,1-2H3. The summed E-state index contributed by atoms with van der Waals surface area (Å²) in [7, 11) is 1.73. The molecule has 2 heterocycles. The molecule has 0 aliphatic heterocycles. The molecule has 0 saturated carbocycles. The van der Waals surface area contributed by atoms with Crippen molar-refractivity contribution in [1.29, 1.82) is 0 Å². The average Bonchev–Trinajstić information content (AvgIpc) is 2.91. The van der Waals surface area contributed by atoms with Gasteiger partial charge in [-0.3, -0.25) is 4.98 Å². The van der Waals surface area contributed by atoms with Crippen molar-refractivity contribution in [2.45, 2.75) is 23.9 Å². The maximum absolute atomic E-state index is 5.24. The Kier molecular flexibility index (Phi) is 4.75. The number of methoxy groups -OCH3 is 1. The molecule has 0 bridgehead atoms. The van der Waals surface area contributed by atoms with Crippen molar-refractivity contribution in [3.8, 4) is 0 Å². The number of thioether (sulfide) groups is 1. The van der Waals surface area contributed by atoms with Crippen LogP contribution in [0.5, 0.6) is 0 Å². The van der Waals surface area contributed by atoms with E-state index in [9.17, 15) is 0 Å². The van der Waals surface area contributed by atoms with Crippen LogP contribution >= 0.6 is 11.8 Å². The molecule has 0 N–H and O–H groups in total. The molecule has 0 amide bonds. The van der Waals surface area contributed by atoms with Gasteiger partial charge in [-0.2, -0.15) is 0 Å². The first kappa shape index (κ1) is 15.1. The monoisotopic (exact) mass is 313 g/mol. The SMILES string of the molecule is COCCn1c(SC(C)c2ccncc2)nc2ccccc21. The largest absolute Gasteiger partial charge is 0.383 e. The smallest absolute Gasteiger partial charge is 0.169 e. The molecule has 0 spiro atoms. The maximum Gasteiger partial charge on any atom is 0.169 e. The topological polar surface area (TPSA) is 39.9 Å². The van der Waals surface area contributed by atoms with Crippen molar-refractivity contribution >= 4 is 22.8 Å². The molecule has 1 aromatic carbocycles. The molecule has 0 fully saturated rings. The maximum atomic E-state index is 5.24. The molecule has 3 rings (SSSR count). The molecule has 0 aliphatic rings. The van der Waals surface area contributed by atoms with Crippen molar-refractivity contribution < 1.29 is 4.74 Å². The number of hydrogen-bond acceptors (Lipinski definition) is 4. The third-order valence-electron chi connectivity index (χ3n) is 3.60. The van der Waals surface area contributed by atoms with Gasteiger partial charge >= 0.3 is 0 Å². The number of benzene rings is 1. The summed E-state index contributed by atoms with van der Waals surface area (Å²) in [6.45, 7) is 3.68. The van der Waals surface area contributed by atoms with Crippen LogP contribution in [-0.2, 0) is 11.3 Å². The molecule has 4 nitrogen and oxygen atoms in total. The number of imidazole rings is 1. The van der Waals surface area contributed by atoms with Crippen LogP contribution in [0.2, 0.25) is 0 Å². The van der Waals surface area contributed by atoms with E-state index in [1.54, 1.807) is 18.9 Å². The highest BCUT2D eigenvalue weighted by atomic mass is 32.2. The molecule has 3 aromatic rings. The molecule has 5 heteroatoms. The first-order valence-corrected chi connectivity index (χ1v) is 8.18. The van der Waals surface area contributed by atoms with Gasteiger partial charge in [0.1, 0.15) is 0 Å². The fourth-order valence-electron chi connectivity index (χ4n) is 2.40. The van der Waals surface area contributed by atoms with Crippen LogP contribution in [-0.4, -0.2) is 28.3 Å². The molecule has 0 saturated heterocycles. The van der Waals surface area contributed by atoms with Crippen molar-refractivity contribution in [2.75, 3.05) is 13.7 Å². The summed E-state index contributed by atoms with van der Waals surface area (Å²) in [4.78, 5) is 8.87. The molecule has 1 atom stereocenters. The summed E-state index contributed by atoms with van der Waals surface area (Å²) < 4.78 is 7.48. The molecule has 114 valence electrons. The van der Waals surface area contributed by atoms with E-state index in [1.807, 2.05) is 24.5 Å². The summed E-state index contributed by atoms with van der Waals surface area (Å²) in [6.07, 6.45) is 3.67. The normalized spacial score (nSPS) is 12.6. The summed E-state index contributed by atoms with van der Waals surface area (Å²) >= 11 is 1.77. The highest BCUT2D eigenvalue weighted by Gasteiger charge is 2.15. The van der Waals surface area contributed by atoms with Gasteiger partial charge in [-0.05, 0) is 36.8 Å². The Hall–Kier alpha value is -1.85. The van der Waals surface area contributed by atoms with E-state index >= 15 is 0 Å². The highest BCUT2D eigenvalue weighted by molar-refractivity contribution is 7.99. The fourth-order valence-corrected chi connectivity index (χ4v) is 3.48. The second-order valence-electron chi connectivity index (χ2n) is 5.07. The number of pyridine rings is 1. The Morgan fingerprint density at radius 2 is 1.95 bits per heavy atom. The zero-order valence-corrected chi connectivity index (χ0v) is 13.6. The Morgan fingerprint density at radius 3 is 2.73 bits per heavy atom. The van der Waals surface area contributed by atoms with Crippen molar-refractivity contribution in [2.24, 2.45) is 0 Å². The fraction of sp³-hybridized carbons (Fsp3) is 0.294. The Morgan fingerprint density at radius 1 is 1.18 bits per heavy atom. The van der Waals surface area contributed by atoms with E-state index in [0.29, 0.717) is 11.9 Å². The number of aromatic nitrogens is 3. The van der Waals surface area contributed by atoms with Crippen LogP contribution in [0, 0.1) is 0 Å². The lowest BCUT2D eigenvalue weighted by Gasteiger charge is -2.13. The third kappa shape index (κ3) is 3.15. The predicted molar refractivity (Wildman–Crippen MR) is 90.1 cm³/mol. The Labute approximate surface area is 134 Å². The highest BCUT2D eigenvalue weighted by Crippen LogP contribution is 2.35. The van der Waals surface area contributed by atoms with Crippen LogP contribution in [0.1, 0.15) is 17.7 Å². The van der Waals surface area contributed by atoms with Gasteiger partial charge in [0.15, 0.2) is 5.16 Å². The minimum atomic E-state index is 0.320. The van der Waals surface area contributed by atoms with E-state index in [4.69, 9.17) is 9.72 Å². The molecular formula is C17H19N3OS. The summed E-state index contributed by atoms with van der Waals surface area (Å²) in [5, 5.41) is 1.35. The lowest BCUT2D eigenvalue weighted by molar-refractivity contribution is 0.186. The number of rotatable bonds is 6. The molecule has 22 heavy (non-hydrogen) atoms. The van der Waals surface area contributed by atoms with Crippen LogP contribution in [0.25, 0.3) is 11.0 Å². The number of nitrogens with zero attached hydrogens (tertiary/aromatic N) is 3. The number of fused-ring (bicyclic) bond motifs is 1. The van der Waals surface area contributed by atoms with E-state index < -0.39 is 0 Å². The van der Waals surface area contributed by atoms with E-state index in [0.717, 1.165) is 22.7 Å². The molecular weight excluding hydrogens is 294 g/mol. The zero-order valence-electron chi connectivity index (χ0n) is 12.8. The summed E-state index contributed by atoms with van der Waals surface area (Å²) in [5.41, 5.74) is 3.44. The van der Waals surface area contributed by atoms with Crippen LogP contribution in [0.3, 0.4) is 0 Å². The van der Waals surface area contributed by atoms with E-state index in [1.165, 1.54) is 5.56 Å². The molecule has 0 radical (unpaired) electrons. The lowest BCUT2D eigenvalue weighted by Crippen LogP contribution is -2.06. The van der Waals surface area contributed by atoms with Crippen LogP contribution < -0.4 is 0 Å². The second kappa shape index (κ2) is 6.94. The third-order valence-corrected chi connectivity index (χ3v) is 4.74. The Bertz CT molecular complexity index is 742. The van der Waals surface area contributed by atoms with Crippen molar-refractivity contribution in [1.82, 2.24) is 14.5 Å². The van der Waals surface area contributed by atoms with Gasteiger partial charge in [-0.15, -0.1) is 0 Å². The van der Waals surface area contributed by atoms with Crippen LogP contribution in [0.15, 0.2) is 53.9 Å². The average molecular weight is 313 g/mol. The minimum Gasteiger partial charge on any atom is -0.383 e. The van der Waals surface area contributed by atoms with Gasteiger partial charge in [0.05, 0.1) is 17.6 Å². The van der Waals surface area contributed by atoms with Gasteiger partial charge in [0.25, 0.3) is 0 Å². The summed E-state index contributed by atoms with van der Waals surface area (Å²) in [5.74, 6) is 0. The first-order chi connectivity index (χ1) is 10.8. The first-order valence-electron chi connectivity index (χ1n) is 7.30. The number of ether oxygens (including phenoxy) is 1. The van der Waals surface area contributed by atoms with Crippen molar-refractivity contribution in [3.63, 3.8) is 0 Å². The van der Waals surface area contributed by atoms with Gasteiger partial charge in [-0.1, -0.05) is 23.9 Å². The van der Waals surface area contributed by atoms with Gasteiger partial charge in [0, 0.05) is 31.3 Å². The Balaban J connectivity index is 1.92. The number of hydrogen-bond donors (Lipinski definition) is 0. The second-order valence-corrected chi connectivity index (χ2v) is 6.38. The van der Waals surface area contributed by atoms with E-state index in [2.05, 4.69) is 40.7 Å². The van der Waals surface area contributed by atoms with E-state index in [-0.39, 0.29) is 0 Å². The van der Waals surface area contributed by atoms with Gasteiger partial charge in [0.2, 0.25) is 0 Å². The summed E-state index contributed by atoms with van der Waals surface area (Å²) in [6, 6.07) is 12.4. The zero-order chi connectivity index (χ0) is 15.4. The molecule has 1 unspecified atom stereocenters. The quantitative estimate of drug-likeness (QED) is 0.646. The number of para-hydroxylation sites is 2. The van der Waals surface area contributed by atoms with Gasteiger partial charge in [-0.25, -0.2) is 4.98 Å². The minimum absolute atomic E-state index is 0.320. The molecule has 0 aliphatic carbocycles. The predicted octanol–water partition coefficient (Wildman–Crippen LogP) is 3.93.